The monoisotopic (exact) mass is 451 g/mol. The zero-order chi connectivity index (χ0) is 22.3. The molecular weight excluding hydrogens is 435 g/mol. The molecule has 0 aliphatic heterocycles. The molecule has 0 radical (unpaired) electrons. The summed E-state index contributed by atoms with van der Waals surface area (Å²) in [5.74, 6) is -1.03. The number of carbonyl (C=O) groups is 2. The molecule has 2 amide bonds. The lowest BCUT2D eigenvalue weighted by Crippen LogP contribution is -2.41. The van der Waals surface area contributed by atoms with Crippen molar-refractivity contribution in [2.75, 3.05) is 5.32 Å². The molecule has 0 saturated carbocycles. The number of anilines is 1. The fraction of sp³-hybridized carbons (Fsp3) is 0.238. The van der Waals surface area contributed by atoms with Crippen molar-refractivity contribution in [1.82, 2.24) is 10.3 Å². The molecule has 1 aromatic heterocycles. The van der Waals surface area contributed by atoms with Crippen LogP contribution < -0.4 is 10.6 Å². The Hall–Kier alpha value is -3.20. The zero-order valence-corrected chi connectivity index (χ0v) is 16.7. The van der Waals surface area contributed by atoms with Gasteiger partial charge >= 0.3 is 18.2 Å². The van der Waals surface area contributed by atoms with Crippen LogP contribution in [0, 0.1) is 0 Å². The Morgan fingerprint density at radius 1 is 1.16 bits per heavy atom. The van der Waals surface area contributed by atoms with E-state index in [0.29, 0.717) is 19.3 Å². The van der Waals surface area contributed by atoms with Gasteiger partial charge in [0.1, 0.15) is 0 Å². The highest BCUT2D eigenvalue weighted by atomic mass is 35.5. The number of aromatic amines is 1. The maximum absolute atomic E-state index is 13.0. The maximum atomic E-state index is 13.0. The van der Waals surface area contributed by atoms with Crippen LogP contribution >= 0.6 is 11.6 Å². The van der Waals surface area contributed by atoms with Crippen LogP contribution in [-0.4, -0.2) is 28.1 Å². The minimum absolute atomic E-state index is 0.0242. The van der Waals surface area contributed by atoms with E-state index in [4.69, 9.17) is 11.6 Å². The lowest BCUT2D eigenvalue weighted by atomic mass is 9.91. The Labute approximate surface area is 179 Å². The summed E-state index contributed by atoms with van der Waals surface area (Å²) >= 11 is 5.60. The Kier molecular flexibility index (Phi) is 5.30. The second-order valence-corrected chi connectivity index (χ2v) is 7.79. The van der Waals surface area contributed by atoms with Crippen LogP contribution in [0.2, 0.25) is 5.02 Å². The molecule has 3 aromatic rings. The topological polar surface area (TPSA) is 94.2 Å². The van der Waals surface area contributed by atoms with E-state index in [1.165, 1.54) is 12.1 Å². The van der Waals surface area contributed by atoms with Crippen molar-refractivity contribution in [3.8, 4) is 0 Å². The van der Waals surface area contributed by atoms with Crippen LogP contribution in [0.15, 0.2) is 36.4 Å². The van der Waals surface area contributed by atoms with Gasteiger partial charge in [0.05, 0.1) is 16.1 Å². The molecule has 1 unspecified atom stereocenters. The Bertz CT molecular complexity index is 1190. The number of H-pyrrole nitrogens is 1. The van der Waals surface area contributed by atoms with Crippen molar-refractivity contribution in [2.24, 2.45) is 0 Å². The summed E-state index contributed by atoms with van der Waals surface area (Å²) in [4.78, 5) is 26.9. The highest BCUT2D eigenvalue weighted by Gasteiger charge is 2.33. The van der Waals surface area contributed by atoms with Gasteiger partial charge in [0.2, 0.25) is 0 Å². The van der Waals surface area contributed by atoms with Crippen molar-refractivity contribution in [2.45, 2.75) is 31.5 Å². The molecule has 0 saturated heterocycles. The first-order valence-corrected chi connectivity index (χ1v) is 9.80. The molecule has 1 aliphatic carbocycles. The maximum Gasteiger partial charge on any atom is 0.417 e. The molecule has 31 heavy (non-hydrogen) atoms. The number of amides is 2. The highest BCUT2D eigenvalue weighted by molar-refractivity contribution is 6.31. The van der Waals surface area contributed by atoms with Crippen molar-refractivity contribution in [1.29, 1.82) is 0 Å². The van der Waals surface area contributed by atoms with Crippen LogP contribution in [-0.2, 0) is 19.0 Å². The standard InChI is InChI=1S/C21H17ClF3N3O3/c22-16-4-2-12(9-15(16)21(23,24)25)27-20(31)26-11-3-6-18-14(8-11)13-7-10(19(29)30)1-5-17(13)28-18/h1-2,4-5,7,9,11,28H,3,6,8H2,(H,29,30)(H2,26,27,31). The summed E-state index contributed by atoms with van der Waals surface area (Å²) in [6.07, 6.45) is -2.88. The number of carbonyl (C=O) groups excluding carboxylic acids is 1. The number of carboxylic acids is 1. The average molecular weight is 452 g/mol. The molecule has 0 fully saturated rings. The van der Waals surface area contributed by atoms with E-state index in [0.717, 1.165) is 34.3 Å². The predicted molar refractivity (Wildman–Crippen MR) is 110 cm³/mol. The van der Waals surface area contributed by atoms with Gasteiger partial charge in [0.15, 0.2) is 0 Å². The van der Waals surface area contributed by atoms with Gasteiger partial charge in [-0.15, -0.1) is 0 Å². The van der Waals surface area contributed by atoms with Crippen LogP contribution in [0.5, 0.6) is 0 Å². The lowest BCUT2D eigenvalue weighted by molar-refractivity contribution is -0.137. The summed E-state index contributed by atoms with van der Waals surface area (Å²) in [7, 11) is 0. The molecule has 1 aliphatic rings. The van der Waals surface area contributed by atoms with Crippen molar-refractivity contribution < 1.29 is 27.9 Å². The van der Waals surface area contributed by atoms with Gasteiger partial charge in [-0.1, -0.05) is 11.6 Å². The number of hydrogen-bond donors (Lipinski definition) is 4. The molecule has 0 spiro atoms. The molecule has 0 bridgehead atoms. The van der Waals surface area contributed by atoms with Gasteiger partial charge in [-0.2, -0.15) is 13.2 Å². The van der Waals surface area contributed by atoms with E-state index < -0.39 is 28.8 Å². The van der Waals surface area contributed by atoms with Gasteiger partial charge in [0, 0.05) is 28.3 Å². The first-order valence-electron chi connectivity index (χ1n) is 9.43. The molecule has 6 nitrogen and oxygen atoms in total. The number of aromatic carboxylic acids is 1. The van der Waals surface area contributed by atoms with Crippen LogP contribution in [0.4, 0.5) is 23.7 Å². The smallest absolute Gasteiger partial charge is 0.417 e. The molecule has 1 heterocycles. The Balaban J connectivity index is 1.48. The van der Waals surface area contributed by atoms with E-state index in [2.05, 4.69) is 15.6 Å². The van der Waals surface area contributed by atoms with Crippen LogP contribution in [0.3, 0.4) is 0 Å². The van der Waals surface area contributed by atoms with Crippen molar-refractivity contribution in [3.05, 3.63) is 63.8 Å². The molecule has 162 valence electrons. The summed E-state index contributed by atoms with van der Waals surface area (Å²) in [5, 5.41) is 14.8. The largest absolute Gasteiger partial charge is 0.478 e. The fourth-order valence-corrected chi connectivity index (χ4v) is 4.07. The second-order valence-electron chi connectivity index (χ2n) is 7.38. The third kappa shape index (κ3) is 4.32. The predicted octanol–water partition coefficient (Wildman–Crippen LogP) is 5.22. The zero-order valence-electron chi connectivity index (χ0n) is 15.9. The fourth-order valence-electron chi connectivity index (χ4n) is 3.85. The highest BCUT2D eigenvalue weighted by Crippen LogP contribution is 2.36. The van der Waals surface area contributed by atoms with Gasteiger partial charge in [0.25, 0.3) is 0 Å². The summed E-state index contributed by atoms with van der Waals surface area (Å²) < 4.78 is 39.0. The Morgan fingerprint density at radius 2 is 1.94 bits per heavy atom. The summed E-state index contributed by atoms with van der Waals surface area (Å²) in [5.41, 5.74) is 1.86. The number of aryl methyl sites for hydroxylation is 1. The molecule has 1 atom stereocenters. The quantitative estimate of drug-likeness (QED) is 0.440. The van der Waals surface area contributed by atoms with Crippen molar-refractivity contribution >= 4 is 40.2 Å². The third-order valence-corrected chi connectivity index (χ3v) is 5.63. The first-order chi connectivity index (χ1) is 14.6. The Morgan fingerprint density at radius 3 is 2.65 bits per heavy atom. The number of carboxylic acid groups (broad SMARTS) is 1. The minimum Gasteiger partial charge on any atom is -0.478 e. The summed E-state index contributed by atoms with van der Waals surface area (Å²) in [6, 6.07) is 7.12. The molecule has 4 rings (SSSR count). The minimum atomic E-state index is -4.63. The van der Waals surface area contributed by atoms with Gasteiger partial charge in [-0.05, 0) is 61.2 Å². The molecular formula is C21H17ClF3N3O3. The number of benzene rings is 2. The van der Waals surface area contributed by atoms with E-state index in [-0.39, 0.29) is 17.3 Å². The van der Waals surface area contributed by atoms with E-state index in [9.17, 15) is 27.9 Å². The molecule has 10 heteroatoms. The van der Waals surface area contributed by atoms with E-state index in [1.807, 2.05) is 0 Å². The third-order valence-electron chi connectivity index (χ3n) is 5.30. The van der Waals surface area contributed by atoms with Crippen LogP contribution in [0.1, 0.15) is 33.6 Å². The first kappa shape index (κ1) is 21.0. The number of alkyl halides is 3. The van der Waals surface area contributed by atoms with Gasteiger partial charge in [-0.3, -0.25) is 0 Å². The van der Waals surface area contributed by atoms with Gasteiger partial charge in [-0.25, -0.2) is 9.59 Å². The average Bonchev–Trinajstić information content (AvgIpc) is 3.05. The number of hydrogen-bond acceptors (Lipinski definition) is 2. The number of fused-ring (bicyclic) bond motifs is 3. The van der Waals surface area contributed by atoms with E-state index >= 15 is 0 Å². The second kappa shape index (κ2) is 7.81. The van der Waals surface area contributed by atoms with Gasteiger partial charge < -0.3 is 20.7 Å². The van der Waals surface area contributed by atoms with Crippen LogP contribution in [0.25, 0.3) is 10.9 Å². The SMILES string of the molecule is O=C(Nc1ccc(Cl)c(C(F)(F)F)c1)NC1CCc2[nH]c3ccc(C(=O)O)cc3c2C1. The number of nitrogens with one attached hydrogen (secondary N) is 3. The lowest BCUT2D eigenvalue weighted by Gasteiger charge is -2.24. The number of rotatable bonds is 3. The number of halogens is 4. The molecule has 4 N–H and O–H groups in total. The van der Waals surface area contributed by atoms with E-state index in [1.54, 1.807) is 12.1 Å². The number of urea groups is 1. The van der Waals surface area contributed by atoms with Crippen molar-refractivity contribution in [3.63, 3.8) is 0 Å². The summed E-state index contributed by atoms with van der Waals surface area (Å²) in [6.45, 7) is 0. The number of aromatic nitrogens is 1. The molecule has 2 aromatic carbocycles. The normalized spacial score (nSPS) is 16.1.